The molecule has 0 spiro atoms. The van der Waals surface area contributed by atoms with Crippen molar-refractivity contribution in [3.63, 3.8) is 0 Å². The first-order valence-electron chi connectivity index (χ1n) is 6.70. The van der Waals surface area contributed by atoms with E-state index in [0.717, 1.165) is 35.8 Å². The summed E-state index contributed by atoms with van der Waals surface area (Å²) in [5.74, 6) is 0.794. The van der Waals surface area contributed by atoms with Crippen LogP contribution in [-0.2, 0) is 17.3 Å². The molecule has 0 aliphatic heterocycles. The summed E-state index contributed by atoms with van der Waals surface area (Å²) in [5, 5.41) is 7.21. The van der Waals surface area contributed by atoms with Gasteiger partial charge in [-0.2, -0.15) is 0 Å². The molecule has 2 rings (SSSR count). The maximum absolute atomic E-state index is 11.9. The van der Waals surface area contributed by atoms with E-state index in [4.69, 9.17) is 0 Å². The van der Waals surface area contributed by atoms with Crippen molar-refractivity contribution in [1.82, 2.24) is 10.3 Å². The van der Waals surface area contributed by atoms with Crippen LogP contribution in [0.2, 0.25) is 0 Å². The molecule has 0 amide bonds. The molecule has 1 aliphatic rings. The van der Waals surface area contributed by atoms with Gasteiger partial charge in [0.2, 0.25) is 0 Å². The second-order valence-electron chi connectivity index (χ2n) is 4.89. The van der Waals surface area contributed by atoms with E-state index in [9.17, 15) is 4.21 Å². The van der Waals surface area contributed by atoms with Crippen molar-refractivity contribution in [3.8, 4) is 0 Å². The Morgan fingerprint density at radius 2 is 2.39 bits per heavy atom. The minimum Gasteiger partial charge on any atom is -0.308 e. The molecule has 0 bridgehead atoms. The average molecular weight is 286 g/mol. The summed E-state index contributed by atoms with van der Waals surface area (Å²) in [4.78, 5) is 4.46. The molecule has 102 valence electrons. The standard InChI is InChI=1S/C13H22N2OS2/c1-3-18(16)13-6-4-5-11(7-13)14-8-12-9-17-10(2)15-12/h9,11,13-14H,3-8H2,1-2H3/t11-,13+,18+/m0/s1. The zero-order valence-corrected chi connectivity index (χ0v) is 12.8. The fraction of sp³-hybridized carbons (Fsp3) is 0.769. The van der Waals surface area contributed by atoms with Crippen molar-refractivity contribution in [2.24, 2.45) is 0 Å². The number of nitrogens with zero attached hydrogens (tertiary/aromatic N) is 1. The third-order valence-electron chi connectivity index (χ3n) is 3.52. The highest BCUT2D eigenvalue weighted by atomic mass is 32.2. The molecule has 0 saturated heterocycles. The molecule has 5 heteroatoms. The van der Waals surface area contributed by atoms with Gasteiger partial charge in [-0.25, -0.2) is 4.98 Å². The number of hydrogen-bond donors (Lipinski definition) is 1. The Balaban J connectivity index is 1.80. The largest absolute Gasteiger partial charge is 0.308 e. The molecule has 1 N–H and O–H groups in total. The molecular weight excluding hydrogens is 264 g/mol. The highest BCUT2D eigenvalue weighted by Crippen LogP contribution is 2.23. The zero-order valence-electron chi connectivity index (χ0n) is 11.1. The minimum atomic E-state index is -0.632. The predicted octanol–water partition coefficient (Wildman–Crippen LogP) is 2.62. The van der Waals surface area contributed by atoms with E-state index in [-0.39, 0.29) is 0 Å². The molecule has 0 unspecified atom stereocenters. The van der Waals surface area contributed by atoms with Crippen LogP contribution in [0.1, 0.15) is 43.3 Å². The first-order valence-corrected chi connectivity index (χ1v) is 8.96. The maximum atomic E-state index is 11.9. The lowest BCUT2D eigenvalue weighted by Gasteiger charge is -2.29. The molecule has 3 nitrogen and oxygen atoms in total. The molecule has 0 aromatic carbocycles. The number of nitrogens with one attached hydrogen (secondary N) is 1. The lowest BCUT2D eigenvalue weighted by molar-refractivity contribution is 0.374. The van der Waals surface area contributed by atoms with Gasteiger partial charge in [-0.3, -0.25) is 4.21 Å². The monoisotopic (exact) mass is 286 g/mol. The van der Waals surface area contributed by atoms with Gasteiger partial charge in [0.05, 0.1) is 10.7 Å². The van der Waals surface area contributed by atoms with Crippen molar-refractivity contribution in [1.29, 1.82) is 0 Å². The van der Waals surface area contributed by atoms with Crippen LogP contribution in [0.25, 0.3) is 0 Å². The van der Waals surface area contributed by atoms with Crippen molar-refractivity contribution >= 4 is 22.1 Å². The summed E-state index contributed by atoms with van der Waals surface area (Å²) < 4.78 is 11.9. The molecule has 3 atom stereocenters. The summed E-state index contributed by atoms with van der Waals surface area (Å²) in [7, 11) is -0.632. The van der Waals surface area contributed by atoms with E-state index in [2.05, 4.69) is 15.7 Å². The summed E-state index contributed by atoms with van der Waals surface area (Å²) in [6, 6.07) is 0.515. The third kappa shape index (κ3) is 3.87. The van der Waals surface area contributed by atoms with Crippen LogP contribution in [-0.4, -0.2) is 26.2 Å². The molecule has 1 aromatic heterocycles. The van der Waals surface area contributed by atoms with Gasteiger partial charge in [-0.15, -0.1) is 11.3 Å². The summed E-state index contributed by atoms with van der Waals surface area (Å²) in [6.07, 6.45) is 4.60. The van der Waals surface area contributed by atoms with Gasteiger partial charge in [0.15, 0.2) is 0 Å². The molecule has 1 aliphatic carbocycles. The second-order valence-corrected chi connectivity index (χ2v) is 7.96. The Kier molecular flexibility index (Phi) is 5.33. The highest BCUT2D eigenvalue weighted by molar-refractivity contribution is 7.85. The fourth-order valence-corrected chi connectivity index (χ4v) is 4.50. The molecule has 0 radical (unpaired) electrons. The van der Waals surface area contributed by atoms with E-state index in [1.165, 1.54) is 12.8 Å². The first-order chi connectivity index (χ1) is 8.69. The van der Waals surface area contributed by atoms with Crippen LogP contribution in [0.5, 0.6) is 0 Å². The van der Waals surface area contributed by atoms with Gasteiger partial charge >= 0.3 is 0 Å². The van der Waals surface area contributed by atoms with Crippen LogP contribution in [0, 0.1) is 6.92 Å². The van der Waals surface area contributed by atoms with E-state index < -0.39 is 10.8 Å². The summed E-state index contributed by atoms with van der Waals surface area (Å²) in [5.41, 5.74) is 1.14. The topological polar surface area (TPSA) is 42.0 Å². The van der Waals surface area contributed by atoms with Crippen LogP contribution in [0.4, 0.5) is 0 Å². The van der Waals surface area contributed by atoms with Crippen LogP contribution >= 0.6 is 11.3 Å². The molecule has 1 fully saturated rings. The molecular formula is C13H22N2OS2. The van der Waals surface area contributed by atoms with Gasteiger partial charge in [0.25, 0.3) is 0 Å². The van der Waals surface area contributed by atoms with Gasteiger partial charge in [0.1, 0.15) is 0 Å². The quantitative estimate of drug-likeness (QED) is 0.905. The lowest BCUT2D eigenvalue weighted by atomic mass is 9.95. The zero-order chi connectivity index (χ0) is 13.0. The van der Waals surface area contributed by atoms with Gasteiger partial charge in [0, 0.05) is 39.8 Å². The predicted molar refractivity (Wildman–Crippen MR) is 78.4 cm³/mol. The minimum absolute atomic E-state index is 0.401. The molecule has 18 heavy (non-hydrogen) atoms. The van der Waals surface area contributed by atoms with E-state index in [0.29, 0.717) is 11.3 Å². The summed E-state index contributed by atoms with van der Waals surface area (Å²) >= 11 is 1.70. The average Bonchev–Trinajstić information content (AvgIpc) is 2.81. The SMILES string of the molecule is CC[S@@](=O)[C@@H]1CCC[C@H](NCc2csc(C)n2)C1. The molecule has 1 heterocycles. The third-order valence-corrected chi connectivity index (χ3v) is 6.08. The molecule has 1 aromatic rings. The number of rotatable bonds is 5. The smallest absolute Gasteiger partial charge is 0.0897 e. The Bertz CT molecular complexity index is 405. The van der Waals surface area contributed by atoms with Crippen LogP contribution in [0.3, 0.4) is 0 Å². The number of hydrogen-bond acceptors (Lipinski definition) is 4. The second kappa shape index (κ2) is 6.78. The number of aryl methyl sites for hydroxylation is 1. The van der Waals surface area contributed by atoms with Gasteiger partial charge in [-0.1, -0.05) is 13.3 Å². The Hall–Kier alpha value is -0.260. The summed E-state index contributed by atoms with van der Waals surface area (Å²) in [6.45, 7) is 4.90. The lowest BCUT2D eigenvalue weighted by Crippen LogP contribution is -2.37. The Morgan fingerprint density at radius 1 is 1.56 bits per heavy atom. The van der Waals surface area contributed by atoms with Crippen molar-refractivity contribution in [2.45, 2.75) is 57.4 Å². The first kappa shape index (κ1) is 14.2. The maximum Gasteiger partial charge on any atom is 0.0897 e. The van der Waals surface area contributed by atoms with Crippen LogP contribution in [0.15, 0.2) is 5.38 Å². The van der Waals surface area contributed by atoms with Gasteiger partial charge in [-0.05, 0) is 26.2 Å². The van der Waals surface area contributed by atoms with E-state index in [1.54, 1.807) is 11.3 Å². The van der Waals surface area contributed by atoms with E-state index >= 15 is 0 Å². The normalized spacial score (nSPS) is 26.1. The number of aromatic nitrogens is 1. The molecule has 1 saturated carbocycles. The number of thiazole rings is 1. The van der Waals surface area contributed by atoms with Crippen LogP contribution < -0.4 is 5.32 Å². The Labute approximate surface area is 116 Å². The van der Waals surface area contributed by atoms with Crippen molar-refractivity contribution in [3.05, 3.63) is 16.1 Å². The van der Waals surface area contributed by atoms with Gasteiger partial charge < -0.3 is 5.32 Å². The fourth-order valence-electron chi connectivity index (χ4n) is 2.54. The van der Waals surface area contributed by atoms with E-state index in [1.807, 2.05) is 13.8 Å². The Morgan fingerprint density at radius 3 is 3.06 bits per heavy atom. The van der Waals surface area contributed by atoms with Crippen molar-refractivity contribution in [2.75, 3.05) is 5.75 Å². The van der Waals surface area contributed by atoms with Crippen molar-refractivity contribution < 1.29 is 4.21 Å². The highest BCUT2D eigenvalue weighted by Gasteiger charge is 2.25.